The van der Waals surface area contributed by atoms with E-state index in [1.54, 1.807) is 12.3 Å². The zero-order valence-corrected chi connectivity index (χ0v) is 17.5. The third-order valence-corrected chi connectivity index (χ3v) is 7.09. The lowest BCUT2D eigenvalue weighted by molar-refractivity contribution is -0.134. The van der Waals surface area contributed by atoms with Gasteiger partial charge in [0.05, 0.1) is 6.54 Å². The molecule has 0 bridgehead atoms. The first-order chi connectivity index (χ1) is 12.9. The van der Waals surface area contributed by atoms with Crippen LogP contribution < -0.4 is 5.32 Å². The molecule has 156 valence electrons. The van der Waals surface area contributed by atoms with Crippen molar-refractivity contribution < 1.29 is 13.2 Å². The van der Waals surface area contributed by atoms with Crippen LogP contribution in [-0.4, -0.2) is 33.6 Å². The molecule has 3 heterocycles. The summed E-state index contributed by atoms with van der Waals surface area (Å²) in [5.41, 5.74) is 0.332. The highest BCUT2D eigenvalue weighted by atomic mass is 35.5. The number of alkyl halides is 3. The summed E-state index contributed by atoms with van der Waals surface area (Å²) in [4.78, 5) is 7.10. The monoisotopic (exact) mass is 434 g/mol. The Hall–Kier alpha value is -1.09. The van der Waals surface area contributed by atoms with Crippen LogP contribution in [0.3, 0.4) is 0 Å². The van der Waals surface area contributed by atoms with E-state index in [4.69, 9.17) is 0 Å². The van der Waals surface area contributed by atoms with Gasteiger partial charge in [0.1, 0.15) is 10.7 Å². The standard InChI is InChI=1S/C19H25F3N4S.ClH/c1-2-25-10-9-24-17(25)13-26(15-11-18(15)5-7-23-8-6-18)12-14-3-4-16(27-14)19(20,21)22;/h3-4,9-10,15,23H,2,5-8,11-13H2,1H3;1H. The summed E-state index contributed by atoms with van der Waals surface area (Å²) >= 11 is 0.865. The van der Waals surface area contributed by atoms with Gasteiger partial charge in [-0.1, -0.05) is 0 Å². The van der Waals surface area contributed by atoms with Gasteiger partial charge in [-0.25, -0.2) is 4.98 Å². The van der Waals surface area contributed by atoms with E-state index < -0.39 is 11.1 Å². The Morgan fingerprint density at radius 2 is 2.04 bits per heavy atom. The summed E-state index contributed by atoms with van der Waals surface area (Å²) < 4.78 is 41.0. The number of aryl methyl sites for hydroxylation is 1. The van der Waals surface area contributed by atoms with Crippen LogP contribution in [0.4, 0.5) is 13.2 Å². The van der Waals surface area contributed by atoms with E-state index in [1.807, 2.05) is 6.20 Å². The molecule has 4 rings (SSSR count). The lowest BCUT2D eigenvalue weighted by Gasteiger charge is -2.29. The Labute approximate surface area is 173 Å². The lowest BCUT2D eigenvalue weighted by atomic mass is 9.93. The summed E-state index contributed by atoms with van der Waals surface area (Å²) in [5, 5.41) is 3.42. The molecule has 1 unspecified atom stereocenters. The van der Waals surface area contributed by atoms with Gasteiger partial charge in [0.25, 0.3) is 0 Å². The van der Waals surface area contributed by atoms with Crippen molar-refractivity contribution in [1.82, 2.24) is 19.8 Å². The molecule has 1 aliphatic carbocycles. The first kappa shape index (κ1) is 21.6. The highest BCUT2D eigenvalue weighted by Gasteiger charge is 2.56. The Balaban J connectivity index is 0.00000225. The third-order valence-electron chi connectivity index (χ3n) is 5.97. The normalized spacial score (nSPS) is 21.1. The summed E-state index contributed by atoms with van der Waals surface area (Å²) in [6, 6.07) is 3.26. The molecule has 9 heteroatoms. The van der Waals surface area contributed by atoms with Crippen molar-refractivity contribution in [2.75, 3.05) is 13.1 Å². The highest BCUT2D eigenvalue weighted by molar-refractivity contribution is 7.12. The smallest absolute Gasteiger partial charge is 0.334 e. The van der Waals surface area contributed by atoms with Crippen molar-refractivity contribution in [2.24, 2.45) is 5.41 Å². The highest BCUT2D eigenvalue weighted by Crippen LogP contribution is 2.56. The van der Waals surface area contributed by atoms with E-state index in [0.29, 0.717) is 24.5 Å². The van der Waals surface area contributed by atoms with Crippen LogP contribution >= 0.6 is 23.7 Å². The van der Waals surface area contributed by atoms with Gasteiger partial charge in [0.15, 0.2) is 0 Å². The quantitative estimate of drug-likeness (QED) is 0.724. The van der Waals surface area contributed by atoms with Crippen LogP contribution in [-0.2, 0) is 25.8 Å². The van der Waals surface area contributed by atoms with Crippen LogP contribution in [0.1, 0.15) is 41.8 Å². The molecule has 4 nitrogen and oxygen atoms in total. The third kappa shape index (κ3) is 4.40. The molecule has 0 radical (unpaired) electrons. The minimum absolute atomic E-state index is 0. The maximum atomic E-state index is 13.0. The average Bonchev–Trinajstić information content (AvgIpc) is 3.02. The number of aromatic nitrogens is 2. The minimum atomic E-state index is -4.26. The molecular formula is C19H26ClF3N4S. The van der Waals surface area contributed by atoms with Gasteiger partial charge in [-0.05, 0) is 56.8 Å². The summed E-state index contributed by atoms with van der Waals surface area (Å²) in [7, 11) is 0. The molecule has 1 spiro atoms. The second-order valence-corrected chi connectivity index (χ2v) is 8.80. The van der Waals surface area contributed by atoms with E-state index in [-0.39, 0.29) is 12.4 Å². The molecule has 1 saturated heterocycles. The number of hydrogen-bond donors (Lipinski definition) is 1. The van der Waals surface area contributed by atoms with Crippen LogP contribution in [0.25, 0.3) is 0 Å². The zero-order chi connectivity index (χ0) is 19.1. The Morgan fingerprint density at radius 3 is 2.68 bits per heavy atom. The molecule has 2 aromatic heterocycles. The van der Waals surface area contributed by atoms with Gasteiger partial charge in [0.2, 0.25) is 0 Å². The van der Waals surface area contributed by atoms with E-state index in [1.165, 1.54) is 6.07 Å². The summed E-state index contributed by atoms with van der Waals surface area (Å²) in [6.45, 7) is 6.23. The largest absolute Gasteiger partial charge is 0.425 e. The summed E-state index contributed by atoms with van der Waals surface area (Å²) in [5.74, 6) is 0.987. The van der Waals surface area contributed by atoms with Crippen LogP contribution in [0.5, 0.6) is 0 Å². The van der Waals surface area contributed by atoms with Crippen molar-refractivity contribution in [3.8, 4) is 0 Å². The number of halogens is 4. The van der Waals surface area contributed by atoms with Gasteiger partial charge < -0.3 is 9.88 Å². The van der Waals surface area contributed by atoms with Crippen molar-refractivity contribution in [3.63, 3.8) is 0 Å². The summed E-state index contributed by atoms with van der Waals surface area (Å²) in [6.07, 6.45) is 2.94. The number of hydrogen-bond acceptors (Lipinski definition) is 4. The molecule has 0 aromatic carbocycles. The number of rotatable bonds is 6. The molecule has 2 fully saturated rings. The van der Waals surface area contributed by atoms with Crippen molar-refractivity contribution in [1.29, 1.82) is 0 Å². The zero-order valence-electron chi connectivity index (χ0n) is 15.8. The Morgan fingerprint density at radius 1 is 1.29 bits per heavy atom. The molecule has 1 aliphatic heterocycles. The van der Waals surface area contributed by atoms with Gasteiger partial charge in [-0.3, -0.25) is 4.90 Å². The fourth-order valence-corrected chi connectivity index (χ4v) is 5.26. The van der Waals surface area contributed by atoms with Gasteiger partial charge in [-0.2, -0.15) is 13.2 Å². The Kier molecular flexibility index (Phi) is 6.44. The molecule has 1 N–H and O–H groups in total. The topological polar surface area (TPSA) is 33.1 Å². The number of thiophene rings is 1. The van der Waals surface area contributed by atoms with Crippen molar-refractivity contribution >= 4 is 23.7 Å². The Bertz CT molecular complexity index is 782. The lowest BCUT2D eigenvalue weighted by Crippen LogP contribution is -2.36. The van der Waals surface area contributed by atoms with Crippen LogP contribution in [0.2, 0.25) is 0 Å². The fourth-order valence-electron chi connectivity index (χ4n) is 4.36. The first-order valence-corrected chi connectivity index (χ1v) is 10.3. The molecule has 2 aromatic rings. The molecule has 1 atom stereocenters. The van der Waals surface area contributed by atoms with E-state index in [9.17, 15) is 13.2 Å². The van der Waals surface area contributed by atoms with E-state index in [2.05, 4.69) is 26.7 Å². The predicted molar refractivity (Wildman–Crippen MR) is 107 cm³/mol. The number of imidazole rings is 1. The molecule has 2 aliphatic rings. The minimum Gasteiger partial charge on any atom is -0.334 e. The SMILES string of the molecule is CCn1ccnc1CN(Cc1ccc(C(F)(F)F)s1)C1CC12CCNCC2.Cl. The fraction of sp³-hybridized carbons (Fsp3) is 0.632. The van der Waals surface area contributed by atoms with Crippen LogP contribution in [0.15, 0.2) is 24.5 Å². The van der Waals surface area contributed by atoms with Crippen molar-refractivity contribution in [2.45, 2.75) is 58.0 Å². The van der Waals surface area contributed by atoms with Gasteiger partial charge in [0, 0.05) is 36.4 Å². The molecule has 0 amide bonds. The average molecular weight is 435 g/mol. The van der Waals surface area contributed by atoms with Gasteiger partial charge in [-0.15, -0.1) is 23.7 Å². The van der Waals surface area contributed by atoms with Crippen molar-refractivity contribution in [3.05, 3.63) is 40.1 Å². The number of nitrogens with one attached hydrogen (secondary N) is 1. The molecular weight excluding hydrogens is 409 g/mol. The second kappa shape index (κ2) is 8.34. The van der Waals surface area contributed by atoms with E-state index >= 15 is 0 Å². The van der Waals surface area contributed by atoms with E-state index in [0.717, 1.165) is 60.9 Å². The first-order valence-electron chi connectivity index (χ1n) is 9.52. The maximum Gasteiger partial charge on any atom is 0.425 e. The van der Waals surface area contributed by atoms with Crippen LogP contribution in [0, 0.1) is 5.41 Å². The van der Waals surface area contributed by atoms with Gasteiger partial charge >= 0.3 is 6.18 Å². The maximum absolute atomic E-state index is 13.0. The molecule has 28 heavy (non-hydrogen) atoms. The number of nitrogens with zero attached hydrogens (tertiary/aromatic N) is 3. The predicted octanol–water partition coefficient (Wildman–Crippen LogP) is 4.55. The second-order valence-electron chi connectivity index (χ2n) is 7.63. The molecule has 1 saturated carbocycles. The number of piperidine rings is 1.